The van der Waals surface area contributed by atoms with Gasteiger partial charge in [-0.25, -0.2) is 9.18 Å². The van der Waals surface area contributed by atoms with Crippen LogP contribution in [-0.4, -0.2) is 18.1 Å². The summed E-state index contributed by atoms with van der Waals surface area (Å²) in [6, 6.07) is 0. The first-order chi connectivity index (χ1) is 5.35. The average molecular weight is 178 g/mol. The largest absolute Gasteiger partial charge is 0.511 e. The third kappa shape index (κ3) is 5.95. The van der Waals surface area contributed by atoms with E-state index in [0.717, 1.165) is 0 Å². The standard InChI is InChI=1S/C8H15FO3/c1-5-6(9)11-7(10)12-8(2,3)4/h6H,5H2,1-4H3. The smallest absolute Gasteiger partial charge is 0.428 e. The fourth-order valence-electron chi connectivity index (χ4n) is 0.462. The van der Waals surface area contributed by atoms with Crippen molar-refractivity contribution in [2.75, 3.05) is 0 Å². The summed E-state index contributed by atoms with van der Waals surface area (Å²) in [4.78, 5) is 10.7. The lowest BCUT2D eigenvalue weighted by Gasteiger charge is -2.19. The van der Waals surface area contributed by atoms with Gasteiger partial charge in [-0.15, -0.1) is 0 Å². The van der Waals surface area contributed by atoms with Gasteiger partial charge < -0.3 is 9.47 Å². The molecule has 12 heavy (non-hydrogen) atoms. The summed E-state index contributed by atoms with van der Waals surface area (Å²) in [6.45, 7) is 6.64. The molecule has 0 aliphatic heterocycles. The Balaban J connectivity index is 3.75. The van der Waals surface area contributed by atoms with Crippen LogP contribution >= 0.6 is 0 Å². The van der Waals surface area contributed by atoms with E-state index in [1.807, 2.05) is 0 Å². The van der Waals surface area contributed by atoms with Crippen LogP contribution in [-0.2, 0) is 9.47 Å². The van der Waals surface area contributed by atoms with Gasteiger partial charge in [0.05, 0.1) is 0 Å². The maximum Gasteiger partial charge on any atom is 0.511 e. The highest BCUT2D eigenvalue weighted by Crippen LogP contribution is 2.10. The first-order valence-corrected chi connectivity index (χ1v) is 3.89. The highest BCUT2D eigenvalue weighted by atomic mass is 19.1. The van der Waals surface area contributed by atoms with Gasteiger partial charge in [-0.05, 0) is 20.8 Å². The molecule has 0 fully saturated rings. The number of ether oxygens (including phenoxy) is 2. The van der Waals surface area contributed by atoms with E-state index in [9.17, 15) is 9.18 Å². The van der Waals surface area contributed by atoms with Gasteiger partial charge in [0.15, 0.2) is 0 Å². The summed E-state index contributed by atoms with van der Waals surface area (Å²) < 4.78 is 21.4. The van der Waals surface area contributed by atoms with Crippen LogP contribution in [0.2, 0.25) is 0 Å². The monoisotopic (exact) mass is 178 g/mol. The Bertz CT molecular complexity index is 151. The highest BCUT2D eigenvalue weighted by Gasteiger charge is 2.19. The van der Waals surface area contributed by atoms with Crippen LogP contribution in [0.3, 0.4) is 0 Å². The second kappa shape index (κ2) is 4.28. The van der Waals surface area contributed by atoms with Gasteiger partial charge in [-0.3, -0.25) is 0 Å². The predicted octanol–water partition coefficient (Wildman–Crippen LogP) is 2.64. The molecule has 0 N–H and O–H groups in total. The van der Waals surface area contributed by atoms with Crippen molar-refractivity contribution in [2.24, 2.45) is 0 Å². The van der Waals surface area contributed by atoms with Gasteiger partial charge in [-0.2, -0.15) is 0 Å². The molecule has 0 rings (SSSR count). The zero-order chi connectivity index (χ0) is 9.78. The van der Waals surface area contributed by atoms with Crippen LogP contribution < -0.4 is 0 Å². The summed E-state index contributed by atoms with van der Waals surface area (Å²) >= 11 is 0. The van der Waals surface area contributed by atoms with Gasteiger partial charge in [0.25, 0.3) is 0 Å². The molecule has 0 heterocycles. The molecule has 1 unspecified atom stereocenters. The summed E-state index contributed by atoms with van der Waals surface area (Å²) in [6.07, 6.45) is -2.39. The molecule has 0 radical (unpaired) electrons. The van der Waals surface area contributed by atoms with Gasteiger partial charge in [-0.1, -0.05) is 6.92 Å². The highest BCUT2D eigenvalue weighted by molar-refractivity contribution is 5.60. The van der Waals surface area contributed by atoms with Crippen LogP contribution in [0, 0.1) is 0 Å². The number of hydrogen-bond acceptors (Lipinski definition) is 3. The van der Waals surface area contributed by atoms with Gasteiger partial charge in [0.1, 0.15) is 5.60 Å². The third-order valence-electron chi connectivity index (χ3n) is 0.935. The van der Waals surface area contributed by atoms with Crippen molar-refractivity contribution in [3.8, 4) is 0 Å². The fourth-order valence-corrected chi connectivity index (χ4v) is 0.462. The van der Waals surface area contributed by atoms with E-state index in [0.29, 0.717) is 0 Å². The van der Waals surface area contributed by atoms with Crippen molar-refractivity contribution < 1.29 is 18.7 Å². The summed E-state index contributed by atoms with van der Waals surface area (Å²) in [7, 11) is 0. The Kier molecular flexibility index (Phi) is 4.00. The number of rotatable bonds is 2. The van der Waals surface area contributed by atoms with Crippen molar-refractivity contribution in [2.45, 2.75) is 46.1 Å². The summed E-state index contributed by atoms with van der Waals surface area (Å²) in [5, 5.41) is 0. The number of carbonyl (C=O) groups excluding carboxylic acids is 1. The second-order valence-electron chi connectivity index (χ2n) is 3.40. The van der Waals surface area contributed by atoms with Crippen molar-refractivity contribution in [3.05, 3.63) is 0 Å². The first-order valence-electron chi connectivity index (χ1n) is 3.89. The molecule has 0 spiro atoms. The minimum Gasteiger partial charge on any atom is -0.428 e. The van der Waals surface area contributed by atoms with E-state index in [2.05, 4.69) is 4.74 Å². The van der Waals surface area contributed by atoms with E-state index in [1.54, 1.807) is 27.7 Å². The number of halogens is 1. The minimum absolute atomic E-state index is 0.138. The molecule has 0 amide bonds. The Morgan fingerprint density at radius 3 is 2.33 bits per heavy atom. The van der Waals surface area contributed by atoms with E-state index in [1.165, 1.54) is 0 Å². The fraction of sp³-hybridized carbons (Fsp3) is 0.875. The molecule has 0 aromatic rings. The number of alkyl halides is 1. The zero-order valence-electron chi connectivity index (χ0n) is 7.89. The Labute approximate surface area is 71.8 Å². The van der Waals surface area contributed by atoms with Crippen LogP contribution in [0.1, 0.15) is 34.1 Å². The Morgan fingerprint density at radius 2 is 2.00 bits per heavy atom. The van der Waals surface area contributed by atoms with Crippen molar-refractivity contribution >= 4 is 6.16 Å². The minimum atomic E-state index is -1.57. The van der Waals surface area contributed by atoms with Crippen LogP contribution in [0.5, 0.6) is 0 Å². The normalized spacial score (nSPS) is 13.8. The molecule has 0 saturated heterocycles. The molecular weight excluding hydrogens is 163 g/mol. The molecule has 0 bridgehead atoms. The van der Waals surface area contributed by atoms with E-state index >= 15 is 0 Å². The maximum atomic E-state index is 12.4. The zero-order valence-corrected chi connectivity index (χ0v) is 7.89. The Morgan fingerprint density at radius 1 is 1.50 bits per heavy atom. The lowest BCUT2D eigenvalue weighted by molar-refractivity contribution is -0.0626. The summed E-state index contributed by atoms with van der Waals surface area (Å²) in [5.74, 6) is 0. The van der Waals surface area contributed by atoms with E-state index < -0.39 is 18.1 Å². The SMILES string of the molecule is CCC(F)OC(=O)OC(C)(C)C. The third-order valence-corrected chi connectivity index (χ3v) is 0.935. The topological polar surface area (TPSA) is 35.5 Å². The predicted molar refractivity (Wildman–Crippen MR) is 42.5 cm³/mol. The second-order valence-corrected chi connectivity index (χ2v) is 3.40. The molecule has 0 aromatic heterocycles. The molecule has 0 aliphatic rings. The van der Waals surface area contributed by atoms with Crippen molar-refractivity contribution in [1.29, 1.82) is 0 Å². The van der Waals surface area contributed by atoms with Crippen LogP contribution in [0.15, 0.2) is 0 Å². The lowest BCUT2D eigenvalue weighted by atomic mass is 10.2. The summed E-state index contributed by atoms with van der Waals surface area (Å²) in [5.41, 5.74) is -0.634. The first kappa shape index (κ1) is 11.2. The van der Waals surface area contributed by atoms with Crippen LogP contribution in [0.4, 0.5) is 9.18 Å². The molecule has 72 valence electrons. The number of carbonyl (C=O) groups is 1. The van der Waals surface area contributed by atoms with Crippen LogP contribution in [0.25, 0.3) is 0 Å². The molecule has 1 atom stereocenters. The molecule has 3 nitrogen and oxygen atoms in total. The lowest BCUT2D eigenvalue weighted by Crippen LogP contribution is -2.26. The quantitative estimate of drug-likeness (QED) is 0.610. The van der Waals surface area contributed by atoms with Gasteiger partial charge in [0.2, 0.25) is 6.36 Å². The van der Waals surface area contributed by atoms with Gasteiger partial charge in [0, 0.05) is 6.42 Å². The molecule has 0 aromatic carbocycles. The molecule has 4 heteroatoms. The molecular formula is C8H15FO3. The van der Waals surface area contributed by atoms with Crippen molar-refractivity contribution in [3.63, 3.8) is 0 Å². The van der Waals surface area contributed by atoms with Crippen molar-refractivity contribution in [1.82, 2.24) is 0 Å². The van der Waals surface area contributed by atoms with Gasteiger partial charge >= 0.3 is 6.16 Å². The maximum absolute atomic E-state index is 12.4. The average Bonchev–Trinajstić information content (AvgIpc) is 1.82. The molecule has 0 saturated carbocycles. The Hall–Kier alpha value is -0.800. The van der Waals surface area contributed by atoms with E-state index in [4.69, 9.17) is 4.74 Å². The number of hydrogen-bond donors (Lipinski definition) is 0. The molecule has 0 aliphatic carbocycles. The van der Waals surface area contributed by atoms with E-state index in [-0.39, 0.29) is 6.42 Å².